The number of nitrogens with one attached hydrogen (secondary N) is 2. The van der Waals surface area contributed by atoms with Crippen LogP contribution in [0.15, 0.2) is 34.5 Å². The van der Waals surface area contributed by atoms with Crippen molar-refractivity contribution in [3.05, 3.63) is 35.0 Å². The van der Waals surface area contributed by atoms with Gasteiger partial charge in [0.2, 0.25) is 0 Å². The van der Waals surface area contributed by atoms with E-state index in [0.717, 1.165) is 23.1 Å². The minimum absolute atomic E-state index is 0.0223. The van der Waals surface area contributed by atoms with Crippen LogP contribution in [-0.4, -0.2) is 61.1 Å². The van der Waals surface area contributed by atoms with E-state index in [2.05, 4.69) is 27.4 Å². The van der Waals surface area contributed by atoms with Gasteiger partial charge in [-0.15, -0.1) is 23.1 Å². The third-order valence-electron chi connectivity index (χ3n) is 3.42. The minimum Gasteiger partial charge on any atom is -0.480 e. The van der Waals surface area contributed by atoms with Gasteiger partial charge in [0.1, 0.15) is 16.8 Å². The van der Waals surface area contributed by atoms with E-state index < -0.39 is 35.0 Å². The quantitative estimate of drug-likeness (QED) is 0.196. The second kappa shape index (κ2) is 8.55. The number of anilines is 1. The number of aliphatic carboxylic acids is 2. The number of hydrogen-bond acceptors (Lipinski definition) is 10. The number of nitrogens with zero attached hydrogens (tertiary/aromatic N) is 2. The number of nitrogens with two attached hydrogens (primary N) is 1. The lowest BCUT2D eigenvalue weighted by atomic mass is 10.2. The molecule has 1 aromatic heterocycles. The maximum absolute atomic E-state index is 12.4. The number of hydrogen-bond donors (Lipinski definition) is 6. The van der Waals surface area contributed by atoms with Crippen LogP contribution in [0.4, 0.5) is 5.13 Å². The highest BCUT2D eigenvalue weighted by Crippen LogP contribution is 2.25. The summed E-state index contributed by atoms with van der Waals surface area (Å²) in [7, 11) is 0. The van der Waals surface area contributed by atoms with Gasteiger partial charge in [0.15, 0.2) is 16.9 Å². The summed E-state index contributed by atoms with van der Waals surface area (Å²) in [6.45, 7) is 3.52. The standard InChI is InChI=1S/C14H15N5O6S2/c1-2-5-3-26-11(18-7(5)12(21)22)9(13(23)24)17-10(20)8(19-25)6-4-27-14(15)16-6/h2,4,9,11,18,25H,1,3H2,(H2,15,16)(H,17,20)(H,21,22)(H,23,24). The molecule has 2 heterocycles. The van der Waals surface area contributed by atoms with Crippen LogP contribution in [0.5, 0.6) is 0 Å². The van der Waals surface area contributed by atoms with Crippen LogP contribution < -0.4 is 16.4 Å². The molecule has 0 saturated carbocycles. The average molecular weight is 413 g/mol. The van der Waals surface area contributed by atoms with Crippen LogP contribution in [-0.2, 0) is 14.4 Å². The third kappa shape index (κ3) is 4.57. The Morgan fingerprint density at radius 1 is 1.48 bits per heavy atom. The van der Waals surface area contributed by atoms with Crippen molar-refractivity contribution in [2.45, 2.75) is 11.4 Å². The number of carboxylic acids is 2. The molecule has 0 radical (unpaired) electrons. The molecule has 0 spiro atoms. The highest BCUT2D eigenvalue weighted by atomic mass is 32.2. The van der Waals surface area contributed by atoms with E-state index in [0.29, 0.717) is 5.57 Å². The molecule has 0 aliphatic carbocycles. The van der Waals surface area contributed by atoms with Crippen LogP contribution in [0.2, 0.25) is 0 Å². The van der Waals surface area contributed by atoms with Crippen molar-refractivity contribution in [2.75, 3.05) is 11.5 Å². The number of allylic oxidation sites excluding steroid dienone is 1. The lowest BCUT2D eigenvalue weighted by Crippen LogP contribution is -2.55. The SMILES string of the molecule is C=CC1=C(C(=O)O)NC(C(NC(=O)C(=NO)c2csc(N)n2)C(=O)O)SC1. The maximum Gasteiger partial charge on any atom is 0.352 e. The van der Waals surface area contributed by atoms with E-state index in [1.165, 1.54) is 11.5 Å². The first kappa shape index (κ1) is 20.3. The molecule has 1 aromatic rings. The second-order valence-electron chi connectivity index (χ2n) is 5.09. The largest absolute Gasteiger partial charge is 0.480 e. The van der Waals surface area contributed by atoms with Gasteiger partial charge in [-0.25, -0.2) is 14.6 Å². The molecule has 144 valence electrons. The Morgan fingerprint density at radius 2 is 2.19 bits per heavy atom. The number of rotatable bonds is 7. The van der Waals surface area contributed by atoms with Crippen LogP contribution in [0, 0.1) is 0 Å². The van der Waals surface area contributed by atoms with E-state index in [1.54, 1.807) is 0 Å². The van der Waals surface area contributed by atoms with E-state index in [4.69, 9.17) is 10.9 Å². The van der Waals surface area contributed by atoms with Crippen molar-refractivity contribution in [3.63, 3.8) is 0 Å². The van der Waals surface area contributed by atoms with Gasteiger partial charge in [-0.3, -0.25) is 4.79 Å². The monoisotopic (exact) mass is 413 g/mol. The molecular formula is C14H15N5O6S2. The average Bonchev–Trinajstić information content (AvgIpc) is 3.05. The van der Waals surface area contributed by atoms with Crippen molar-refractivity contribution in [1.29, 1.82) is 0 Å². The van der Waals surface area contributed by atoms with Gasteiger partial charge in [-0.2, -0.15) is 0 Å². The van der Waals surface area contributed by atoms with E-state index in [9.17, 15) is 24.6 Å². The van der Waals surface area contributed by atoms with Gasteiger partial charge in [0.05, 0.1) is 0 Å². The molecule has 11 nitrogen and oxygen atoms in total. The predicted octanol–water partition coefficient (Wildman–Crippen LogP) is -0.340. The van der Waals surface area contributed by atoms with Crippen LogP contribution in [0.3, 0.4) is 0 Å². The van der Waals surface area contributed by atoms with Gasteiger partial charge in [0, 0.05) is 11.1 Å². The number of aromatic nitrogens is 1. The molecule has 2 rings (SSSR count). The Balaban J connectivity index is 2.22. The number of thiazole rings is 1. The summed E-state index contributed by atoms with van der Waals surface area (Å²) in [6, 6.07) is -1.52. The van der Waals surface area contributed by atoms with Gasteiger partial charge in [-0.1, -0.05) is 17.8 Å². The van der Waals surface area contributed by atoms with E-state index in [1.807, 2.05) is 0 Å². The van der Waals surface area contributed by atoms with Crippen molar-refractivity contribution in [1.82, 2.24) is 15.6 Å². The first-order valence-corrected chi connectivity index (χ1v) is 9.15. The Hall–Kier alpha value is -3.06. The minimum atomic E-state index is -1.52. The fourth-order valence-corrected chi connectivity index (χ4v) is 3.90. The predicted molar refractivity (Wildman–Crippen MR) is 98.7 cm³/mol. The number of carbonyl (C=O) groups is 3. The smallest absolute Gasteiger partial charge is 0.352 e. The number of carboxylic acid groups (broad SMARTS) is 2. The molecule has 1 aliphatic heterocycles. The Labute approximate surface area is 160 Å². The summed E-state index contributed by atoms with van der Waals surface area (Å²) in [4.78, 5) is 39.1. The zero-order valence-electron chi connectivity index (χ0n) is 13.6. The normalized spacial score (nSPS) is 18.4. The van der Waals surface area contributed by atoms with E-state index >= 15 is 0 Å². The number of amides is 1. The third-order valence-corrected chi connectivity index (χ3v) is 5.32. The molecule has 0 bridgehead atoms. The molecule has 2 atom stereocenters. The fourth-order valence-electron chi connectivity index (χ4n) is 2.15. The Bertz CT molecular complexity index is 849. The van der Waals surface area contributed by atoms with Crippen molar-refractivity contribution in [2.24, 2.45) is 5.16 Å². The lowest BCUT2D eigenvalue weighted by molar-refractivity contribution is -0.141. The molecule has 1 amide bonds. The van der Waals surface area contributed by atoms with Gasteiger partial charge < -0.3 is 31.8 Å². The number of oxime groups is 1. The summed E-state index contributed by atoms with van der Waals surface area (Å²) in [6.07, 6.45) is 1.36. The van der Waals surface area contributed by atoms with Gasteiger partial charge >= 0.3 is 11.9 Å². The molecular weight excluding hydrogens is 398 g/mol. The van der Waals surface area contributed by atoms with Crippen LogP contribution in [0.25, 0.3) is 0 Å². The zero-order chi connectivity index (χ0) is 20.1. The van der Waals surface area contributed by atoms with Crippen molar-refractivity contribution >= 4 is 51.8 Å². The van der Waals surface area contributed by atoms with Crippen molar-refractivity contribution in [3.8, 4) is 0 Å². The Morgan fingerprint density at radius 3 is 2.67 bits per heavy atom. The fraction of sp³-hybridized carbons (Fsp3) is 0.214. The molecule has 7 N–H and O–H groups in total. The highest BCUT2D eigenvalue weighted by Gasteiger charge is 2.36. The first-order chi connectivity index (χ1) is 12.8. The lowest BCUT2D eigenvalue weighted by Gasteiger charge is -2.30. The molecule has 0 aromatic carbocycles. The number of thioether (sulfide) groups is 1. The zero-order valence-corrected chi connectivity index (χ0v) is 15.2. The topological polar surface area (TPSA) is 187 Å². The number of carbonyl (C=O) groups excluding carboxylic acids is 1. The Kier molecular flexibility index (Phi) is 6.41. The van der Waals surface area contributed by atoms with Crippen molar-refractivity contribution < 1.29 is 29.8 Å². The van der Waals surface area contributed by atoms with Gasteiger partial charge in [-0.05, 0) is 5.57 Å². The summed E-state index contributed by atoms with van der Waals surface area (Å²) >= 11 is 2.09. The second-order valence-corrected chi connectivity index (χ2v) is 7.11. The molecule has 0 fully saturated rings. The summed E-state index contributed by atoms with van der Waals surface area (Å²) in [5, 5.41) is 36.0. The molecule has 1 aliphatic rings. The highest BCUT2D eigenvalue weighted by molar-refractivity contribution is 8.00. The van der Waals surface area contributed by atoms with Gasteiger partial charge in [0.25, 0.3) is 5.91 Å². The summed E-state index contributed by atoms with van der Waals surface area (Å²) < 4.78 is 0. The number of nitrogen functional groups attached to an aromatic ring is 1. The van der Waals surface area contributed by atoms with E-state index in [-0.39, 0.29) is 22.3 Å². The first-order valence-electron chi connectivity index (χ1n) is 7.22. The molecule has 13 heteroatoms. The molecule has 0 saturated heterocycles. The van der Waals surface area contributed by atoms with Crippen LogP contribution in [0.1, 0.15) is 5.69 Å². The van der Waals surface area contributed by atoms with Crippen LogP contribution >= 0.6 is 23.1 Å². The maximum atomic E-state index is 12.4. The molecule has 2 unspecified atom stereocenters. The summed E-state index contributed by atoms with van der Waals surface area (Å²) in [5.41, 5.74) is 5.13. The summed E-state index contributed by atoms with van der Waals surface area (Å²) in [5.74, 6) is -3.50. The molecule has 27 heavy (non-hydrogen) atoms.